The van der Waals surface area contributed by atoms with E-state index >= 15 is 0 Å². The Hall–Kier alpha value is -2.34. The average molecular weight is 318 g/mol. The first-order valence-electron chi connectivity index (χ1n) is 7.50. The van der Waals surface area contributed by atoms with Gasteiger partial charge in [-0.05, 0) is 37.6 Å². The quantitative estimate of drug-likeness (QED) is 0.756. The van der Waals surface area contributed by atoms with E-state index in [0.717, 1.165) is 17.7 Å². The molecule has 1 N–H and O–H groups in total. The van der Waals surface area contributed by atoms with Crippen LogP contribution in [-0.4, -0.2) is 38.3 Å². The fraction of sp³-hybridized carbons (Fsp3) is 0.412. The molecule has 0 saturated heterocycles. The van der Waals surface area contributed by atoms with Gasteiger partial charge < -0.3 is 19.2 Å². The van der Waals surface area contributed by atoms with E-state index in [1.54, 1.807) is 14.2 Å². The molecule has 1 aromatic carbocycles. The number of carbonyl (C=O) groups excluding carboxylic acids is 1. The van der Waals surface area contributed by atoms with Gasteiger partial charge in [0.2, 0.25) is 11.8 Å². The third kappa shape index (κ3) is 4.82. The summed E-state index contributed by atoms with van der Waals surface area (Å²) in [4.78, 5) is 16.3. The summed E-state index contributed by atoms with van der Waals surface area (Å²) in [6, 6.07) is 7.44. The molecule has 2 rings (SSSR count). The summed E-state index contributed by atoms with van der Waals surface area (Å²) >= 11 is 0. The Bertz CT molecular complexity index is 635. The van der Waals surface area contributed by atoms with Gasteiger partial charge in [-0.1, -0.05) is 0 Å². The Kier molecular flexibility index (Phi) is 6.17. The molecule has 124 valence electrons. The number of aromatic nitrogens is 1. The van der Waals surface area contributed by atoms with Crippen LogP contribution in [0.25, 0.3) is 11.5 Å². The second-order valence-electron chi connectivity index (χ2n) is 5.12. The van der Waals surface area contributed by atoms with Crippen LogP contribution >= 0.6 is 0 Å². The van der Waals surface area contributed by atoms with Gasteiger partial charge in [0.15, 0.2) is 0 Å². The molecule has 0 aliphatic carbocycles. The summed E-state index contributed by atoms with van der Waals surface area (Å²) in [7, 11) is 3.26. The van der Waals surface area contributed by atoms with E-state index in [0.29, 0.717) is 30.5 Å². The van der Waals surface area contributed by atoms with Crippen LogP contribution in [0, 0.1) is 6.92 Å². The molecule has 0 radical (unpaired) electrons. The van der Waals surface area contributed by atoms with E-state index in [2.05, 4.69) is 10.3 Å². The molecule has 6 nitrogen and oxygen atoms in total. The monoisotopic (exact) mass is 318 g/mol. The van der Waals surface area contributed by atoms with Crippen LogP contribution in [-0.2, 0) is 16.0 Å². The van der Waals surface area contributed by atoms with E-state index < -0.39 is 0 Å². The molecule has 0 unspecified atom stereocenters. The van der Waals surface area contributed by atoms with Crippen molar-refractivity contribution in [1.82, 2.24) is 10.3 Å². The van der Waals surface area contributed by atoms with Crippen molar-refractivity contribution < 1.29 is 18.7 Å². The Labute approximate surface area is 135 Å². The summed E-state index contributed by atoms with van der Waals surface area (Å²) in [6.45, 7) is 3.04. The maximum absolute atomic E-state index is 11.9. The summed E-state index contributed by atoms with van der Waals surface area (Å²) in [6.07, 6.45) is 0.996. The molecular weight excluding hydrogens is 296 g/mol. The number of carbonyl (C=O) groups is 1. The van der Waals surface area contributed by atoms with E-state index in [1.165, 1.54) is 0 Å². The maximum atomic E-state index is 11.9. The lowest BCUT2D eigenvalue weighted by molar-refractivity contribution is -0.120. The standard InChI is InChI=1S/C17H22N2O4/c1-12-15(11-16(20)18-9-4-10-21-2)19-17(23-12)13-5-7-14(22-3)8-6-13/h5-8H,4,9-11H2,1-3H3,(H,18,20). The van der Waals surface area contributed by atoms with Crippen molar-refractivity contribution >= 4 is 5.91 Å². The summed E-state index contributed by atoms with van der Waals surface area (Å²) in [5, 5.41) is 2.84. The van der Waals surface area contributed by atoms with Crippen molar-refractivity contribution in [2.24, 2.45) is 0 Å². The zero-order valence-corrected chi connectivity index (χ0v) is 13.7. The van der Waals surface area contributed by atoms with Crippen LogP contribution in [0.4, 0.5) is 0 Å². The summed E-state index contributed by atoms with van der Waals surface area (Å²) < 4.78 is 15.7. The van der Waals surface area contributed by atoms with Gasteiger partial charge >= 0.3 is 0 Å². The van der Waals surface area contributed by atoms with E-state index in [4.69, 9.17) is 13.9 Å². The Balaban J connectivity index is 1.98. The number of hydrogen-bond acceptors (Lipinski definition) is 5. The Morgan fingerprint density at radius 1 is 1.26 bits per heavy atom. The number of ether oxygens (including phenoxy) is 2. The van der Waals surface area contributed by atoms with Crippen LogP contribution < -0.4 is 10.1 Å². The van der Waals surface area contributed by atoms with Crippen molar-refractivity contribution in [1.29, 1.82) is 0 Å². The zero-order valence-electron chi connectivity index (χ0n) is 13.7. The van der Waals surface area contributed by atoms with Gasteiger partial charge in [0, 0.05) is 25.8 Å². The highest BCUT2D eigenvalue weighted by molar-refractivity contribution is 5.78. The van der Waals surface area contributed by atoms with Crippen LogP contribution in [0.3, 0.4) is 0 Å². The number of hydrogen-bond donors (Lipinski definition) is 1. The SMILES string of the molecule is COCCCNC(=O)Cc1nc(-c2ccc(OC)cc2)oc1C. The lowest BCUT2D eigenvalue weighted by Crippen LogP contribution is -2.27. The number of rotatable bonds is 8. The first-order valence-corrected chi connectivity index (χ1v) is 7.50. The number of benzene rings is 1. The third-order valence-corrected chi connectivity index (χ3v) is 3.41. The molecule has 0 aliphatic rings. The molecule has 23 heavy (non-hydrogen) atoms. The minimum atomic E-state index is -0.0706. The molecule has 0 aliphatic heterocycles. The zero-order chi connectivity index (χ0) is 16.7. The topological polar surface area (TPSA) is 73.6 Å². The molecule has 6 heteroatoms. The average Bonchev–Trinajstić information content (AvgIpc) is 2.92. The fourth-order valence-corrected chi connectivity index (χ4v) is 2.11. The number of nitrogens with zero attached hydrogens (tertiary/aromatic N) is 1. The largest absolute Gasteiger partial charge is 0.497 e. The fourth-order valence-electron chi connectivity index (χ4n) is 2.11. The van der Waals surface area contributed by atoms with E-state index in [1.807, 2.05) is 31.2 Å². The first-order chi connectivity index (χ1) is 11.1. The summed E-state index contributed by atoms with van der Waals surface area (Å²) in [5.41, 5.74) is 1.50. The molecular formula is C17H22N2O4. The molecule has 1 aromatic heterocycles. The van der Waals surface area contributed by atoms with Crippen LogP contribution in [0.5, 0.6) is 5.75 Å². The first kappa shape index (κ1) is 17.0. The predicted molar refractivity (Wildman–Crippen MR) is 86.4 cm³/mol. The highest BCUT2D eigenvalue weighted by Gasteiger charge is 2.14. The van der Waals surface area contributed by atoms with Crippen LogP contribution in [0.1, 0.15) is 17.9 Å². The normalized spacial score (nSPS) is 10.6. The summed E-state index contributed by atoms with van der Waals surface area (Å²) in [5.74, 6) is 1.86. The van der Waals surface area contributed by atoms with Gasteiger partial charge in [-0.15, -0.1) is 0 Å². The lowest BCUT2D eigenvalue weighted by Gasteiger charge is -2.03. The predicted octanol–water partition coefficient (Wildman–Crippen LogP) is 2.35. The van der Waals surface area contributed by atoms with Crippen molar-refractivity contribution in [3.63, 3.8) is 0 Å². The maximum Gasteiger partial charge on any atom is 0.226 e. The Morgan fingerprint density at radius 3 is 2.65 bits per heavy atom. The highest BCUT2D eigenvalue weighted by Crippen LogP contribution is 2.24. The smallest absolute Gasteiger partial charge is 0.226 e. The van der Waals surface area contributed by atoms with Gasteiger partial charge in [-0.3, -0.25) is 4.79 Å². The van der Waals surface area contributed by atoms with Crippen molar-refractivity contribution in [2.45, 2.75) is 19.8 Å². The molecule has 0 saturated carbocycles. The van der Waals surface area contributed by atoms with Crippen LogP contribution in [0.2, 0.25) is 0 Å². The van der Waals surface area contributed by atoms with Gasteiger partial charge in [0.25, 0.3) is 0 Å². The third-order valence-electron chi connectivity index (χ3n) is 3.41. The number of methoxy groups -OCH3 is 2. The van der Waals surface area contributed by atoms with Gasteiger partial charge in [-0.25, -0.2) is 4.98 Å². The molecule has 0 spiro atoms. The highest BCUT2D eigenvalue weighted by atomic mass is 16.5. The molecule has 1 amide bonds. The number of nitrogens with one attached hydrogen (secondary N) is 1. The molecule has 2 aromatic rings. The molecule has 1 heterocycles. The molecule has 0 bridgehead atoms. The second-order valence-corrected chi connectivity index (χ2v) is 5.12. The lowest BCUT2D eigenvalue weighted by atomic mass is 10.2. The number of aryl methyl sites for hydroxylation is 1. The van der Waals surface area contributed by atoms with Crippen molar-refractivity contribution in [3.8, 4) is 17.2 Å². The Morgan fingerprint density at radius 2 is 2.00 bits per heavy atom. The van der Waals surface area contributed by atoms with Gasteiger partial charge in [0.1, 0.15) is 11.5 Å². The van der Waals surface area contributed by atoms with Crippen molar-refractivity contribution in [3.05, 3.63) is 35.7 Å². The van der Waals surface area contributed by atoms with Gasteiger partial charge in [0.05, 0.1) is 19.2 Å². The second kappa shape index (κ2) is 8.33. The van der Waals surface area contributed by atoms with E-state index in [-0.39, 0.29) is 12.3 Å². The number of amides is 1. The van der Waals surface area contributed by atoms with Gasteiger partial charge in [-0.2, -0.15) is 0 Å². The van der Waals surface area contributed by atoms with E-state index in [9.17, 15) is 4.79 Å². The molecule has 0 atom stereocenters. The molecule has 0 fully saturated rings. The number of oxazole rings is 1. The minimum absolute atomic E-state index is 0.0706. The van der Waals surface area contributed by atoms with Crippen LogP contribution in [0.15, 0.2) is 28.7 Å². The minimum Gasteiger partial charge on any atom is -0.497 e. The van der Waals surface area contributed by atoms with Crippen molar-refractivity contribution in [2.75, 3.05) is 27.4 Å².